The molecule has 0 saturated carbocycles. The molecule has 0 spiro atoms. The maximum Gasteiger partial charge on any atom is 0.400 e. The van der Waals surface area contributed by atoms with E-state index in [0.29, 0.717) is 6.42 Å². The van der Waals surface area contributed by atoms with Crippen molar-refractivity contribution < 1.29 is 18.7 Å². The lowest BCUT2D eigenvalue weighted by Crippen LogP contribution is -2.51. The SMILES string of the molecule is COP(=O)(OC)SC#C[C@@]1(O)C[C@H](c2ccccc2)N[C@H](c2ccccc2)[C@H]1C. The molecular weight excluding hydrogens is 405 g/mol. The average Bonchev–Trinajstić information content (AvgIpc) is 2.76. The van der Waals surface area contributed by atoms with Crippen LogP contribution in [0.1, 0.15) is 36.6 Å². The summed E-state index contributed by atoms with van der Waals surface area (Å²) in [6.45, 7) is -1.35. The van der Waals surface area contributed by atoms with Crippen molar-refractivity contribution in [3.63, 3.8) is 0 Å². The number of piperidine rings is 1. The number of rotatable bonds is 5. The largest absolute Gasteiger partial charge is 0.400 e. The van der Waals surface area contributed by atoms with Crippen molar-refractivity contribution >= 4 is 18.2 Å². The Morgan fingerprint density at radius 1 is 1.07 bits per heavy atom. The van der Waals surface area contributed by atoms with Gasteiger partial charge in [0.15, 0.2) is 0 Å². The van der Waals surface area contributed by atoms with E-state index in [2.05, 4.69) is 16.5 Å². The highest BCUT2D eigenvalue weighted by molar-refractivity contribution is 8.57. The van der Waals surface area contributed by atoms with Gasteiger partial charge in [-0.05, 0) is 16.4 Å². The first-order valence-corrected chi connectivity index (χ1v) is 12.4. The van der Waals surface area contributed by atoms with E-state index in [1.165, 1.54) is 14.2 Å². The Morgan fingerprint density at radius 2 is 1.62 bits per heavy atom. The predicted molar refractivity (Wildman–Crippen MR) is 117 cm³/mol. The van der Waals surface area contributed by atoms with Crippen molar-refractivity contribution in [1.82, 2.24) is 5.32 Å². The normalized spacial score (nSPS) is 27.1. The van der Waals surface area contributed by atoms with Gasteiger partial charge in [0, 0.05) is 50.0 Å². The number of hydrogen-bond acceptors (Lipinski definition) is 6. The molecule has 0 unspecified atom stereocenters. The summed E-state index contributed by atoms with van der Waals surface area (Å²) < 4.78 is 22.1. The van der Waals surface area contributed by atoms with Gasteiger partial charge in [-0.1, -0.05) is 73.5 Å². The monoisotopic (exact) mass is 431 g/mol. The van der Waals surface area contributed by atoms with E-state index >= 15 is 0 Å². The Morgan fingerprint density at radius 3 is 2.17 bits per heavy atom. The molecule has 2 aromatic carbocycles. The summed E-state index contributed by atoms with van der Waals surface area (Å²) in [7, 11) is 2.63. The van der Waals surface area contributed by atoms with Gasteiger partial charge >= 0.3 is 6.80 Å². The summed E-state index contributed by atoms with van der Waals surface area (Å²) in [6, 6.07) is 19.9. The molecule has 0 aromatic heterocycles. The molecule has 4 atom stereocenters. The minimum absolute atomic E-state index is 0.0708. The van der Waals surface area contributed by atoms with Crippen LogP contribution in [0, 0.1) is 17.1 Å². The summed E-state index contributed by atoms with van der Waals surface area (Å²) in [4.78, 5) is 0. The summed E-state index contributed by atoms with van der Waals surface area (Å²) in [5.41, 5.74) is 0.909. The van der Waals surface area contributed by atoms with Crippen LogP contribution in [0.3, 0.4) is 0 Å². The van der Waals surface area contributed by atoms with Gasteiger partial charge in [-0.15, -0.1) is 0 Å². The lowest BCUT2D eigenvalue weighted by molar-refractivity contribution is -0.0196. The Hall–Kier alpha value is -1.58. The van der Waals surface area contributed by atoms with Gasteiger partial charge in [-0.2, -0.15) is 0 Å². The van der Waals surface area contributed by atoms with Gasteiger partial charge in [-0.3, -0.25) is 0 Å². The quantitative estimate of drug-likeness (QED) is 0.517. The second-order valence-corrected chi connectivity index (χ2v) is 11.0. The maximum absolute atomic E-state index is 12.3. The smallest absolute Gasteiger partial charge is 0.377 e. The van der Waals surface area contributed by atoms with Gasteiger partial charge in [-0.25, -0.2) is 4.57 Å². The van der Waals surface area contributed by atoms with Crippen LogP contribution in [-0.4, -0.2) is 24.9 Å². The van der Waals surface area contributed by atoms with Crippen LogP contribution >= 0.6 is 18.2 Å². The van der Waals surface area contributed by atoms with Crippen molar-refractivity contribution in [1.29, 1.82) is 0 Å². The fourth-order valence-electron chi connectivity index (χ4n) is 3.62. The van der Waals surface area contributed by atoms with Crippen LogP contribution in [0.25, 0.3) is 0 Å². The Balaban J connectivity index is 1.95. The van der Waals surface area contributed by atoms with Crippen molar-refractivity contribution in [2.45, 2.75) is 31.0 Å². The molecule has 2 N–H and O–H groups in total. The molecule has 1 heterocycles. The lowest BCUT2D eigenvalue weighted by Gasteiger charge is -2.45. The molecule has 0 radical (unpaired) electrons. The minimum atomic E-state index is -3.33. The minimum Gasteiger partial charge on any atom is -0.377 e. The predicted octanol–water partition coefficient (Wildman–Crippen LogP) is 4.92. The summed E-state index contributed by atoms with van der Waals surface area (Å²) in [5.74, 6) is 2.78. The molecular formula is C22H26NO4PS. The highest BCUT2D eigenvalue weighted by Crippen LogP contribution is 2.59. The van der Waals surface area contributed by atoms with Gasteiger partial charge < -0.3 is 19.5 Å². The molecule has 1 saturated heterocycles. The first-order chi connectivity index (χ1) is 13.9. The number of benzene rings is 2. The molecule has 0 aliphatic carbocycles. The van der Waals surface area contributed by atoms with E-state index in [9.17, 15) is 9.67 Å². The van der Waals surface area contributed by atoms with E-state index in [1.54, 1.807) is 0 Å². The van der Waals surface area contributed by atoms with Crippen molar-refractivity contribution in [3.8, 4) is 11.2 Å². The third-order valence-corrected chi connectivity index (χ3v) is 8.53. The van der Waals surface area contributed by atoms with Crippen molar-refractivity contribution in [3.05, 3.63) is 71.8 Å². The molecule has 29 heavy (non-hydrogen) atoms. The molecule has 0 amide bonds. The van der Waals surface area contributed by atoms with E-state index in [-0.39, 0.29) is 18.0 Å². The van der Waals surface area contributed by atoms with Gasteiger partial charge in [0.25, 0.3) is 0 Å². The van der Waals surface area contributed by atoms with Crippen LogP contribution in [-0.2, 0) is 13.6 Å². The first-order valence-electron chi connectivity index (χ1n) is 9.41. The average molecular weight is 431 g/mol. The van der Waals surface area contributed by atoms with E-state index < -0.39 is 12.4 Å². The Labute approximate surface area is 176 Å². The second kappa shape index (κ2) is 9.49. The molecule has 0 bridgehead atoms. The standard InChI is InChI=1S/C22H26NO4PS/c1-17-21(19-12-8-5-9-13-19)23-20(18-10-6-4-7-11-18)16-22(17,24)14-15-29-28(25,26-2)27-3/h4-13,17,20-21,23-24H,16H2,1-3H3/t17-,20-,21+,22-/m1/s1. The van der Waals surface area contributed by atoms with Crippen LogP contribution in [0.4, 0.5) is 0 Å². The number of hydrogen-bond donors (Lipinski definition) is 2. The fraction of sp³-hybridized carbons (Fsp3) is 0.364. The fourth-order valence-corrected chi connectivity index (χ4v) is 5.17. The number of aliphatic hydroxyl groups is 1. The zero-order chi connectivity index (χ0) is 20.9. The van der Waals surface area contributed by atoms with E-state index in [0.717, 1.165) is 22.5 Å². The third kappa shape index (κ3) is 5.13. The number of nitrogens with one attached hydrogen (secondary N) is 1. The zero-order valence-electron chi connectivity index (χ0n) is 16.7. The highest BCUT2D eigenvalue weighted by atomic mass is 32.7. The van der Waals surface area contributed by atoms with E-state index in [4.69, 9.17) is 9.05 Å². The molecule has 3 rings (SSSR count). The summed E-state index contributed by atoms with van der Waals surface area (Å²) in [5, 5.41) is 18.0. The molecule has 5 nitrogen and oxygen atoms in total. The highest BCUT2D eigenvalue weighted by Gasteiger charge is 2.45. The Bertz CT molecular complexity index is 907. The topological polar surface area (TPSA) is 67.8 Å². The summed E-state index contributed by atoms with van der Waals surface area (Å²) in [6.07, 6.45) is 0.416. The first kappa shape index (κ1) is 22.1. The molecule has 2 aromatic rings. The third-order valence-electron chi connectivity index (χ3n) is 5.38. The second-order valence-electron chi connectivity index (χ2n) is 7.07. The van der Waals surface area contributed by atoms with Gasteiger partial charge in [0.05, 0.1) is 0 Å². The van der Waals surface area contributed by atoms with Crippen LogP contribution in [0.5, 0.6) is 0 Å². The van der Waals surface area contributed by atoms with Crippen molar-refractivity contribution in [2.24, 2.45) is 5.92 Å². The van der Waals surface area contributed by atoms with Crippen molar-refractivity contribution in [2.75, 3.05) is 14.2 Å². The van der Waals surface area contributed by atoms with Crippen LogP contribution in [0.2, 0.25) is 0 Å². The Kier molecular flexibility index (Phi) is 7.23. The molecule has 154 valence electrons. The molecule has 1 aliphatic rings. The zero-order valence-corrected chi connectivity index (χ0v) is 18.5. The molecule has 7 heteroatoms. The molecule has 1 aliphatic heterocycles. The van der Waals surface area contributed by atoms with Gasteiger partial charge in [0.1, 0.15) is 5.60 Å². The summed E-state index contributed by atoms with van der Waals surface area (Å²) >= 11 is 0.782. The van der Waals surface area contributed by atoms with E-state index in [1.807, 2.05) is 67.6 Å². The van der Waals surface area contributed by atoms with Gasteiger partial charge in [0.2, 0.25) is 0 Å². The van der Waals surface area contributed by atoms with Crippen LogP contribution < -0.4 is 5.32 Å². The maximum atomic E-state index is 12.3. The lowest BCUT2D eigenvalue weighted by atomic mass is 9.72. The molecule has 1 fully saturated rings. The van der Waals surface area contributed by atoms with Crippen LogP contribution in [0.15, 0.2) is 60.7 Å².